The first kappa shape index (κ1) is 92.6. The Hall–Kier alpha value is -1.40. The molecule has 560 valence electrons. The van der Waals surface area contributed by atoms with Crippen LogP contribution in [0.5, 0.6) is 0 Å². The highest BCUT2D eigenvalue weighted by atomic mass is 16.5. The summed E-state index contributed by atoms with van der Waals surface area (Å²) in [5.41, 5.74) is 0. The topological polar surface area (TPSA) is 95.9 Å². The average molecular weight is 1330 g/mol. The second-order valence-electron chi connectivity index (χ2n) is 30.6. The van der Waals surface area contributed by atoms with E-state index in [0.29, 0.717) is 19.4 Å². The summed E-state index contributed by atoms with van der Waals surface area (Å²) >= 11 is 0. The van der Waals surface area contributed by atoms with E-state index in [9.17, 15) is 19.8 Å². The Morgan fingerprint density at radius 3 is 0.723 bits per heavy atom. The third-order valence-electron chi connectivity index (χ3n) is 21.1. The number of hydrogen-bond acceptors (Lipinski definition) is 5. The van der Waals surface area contributed by atoms with Crippen LogP contribution in [0.15, 0.2) is 12.2 Å². The number of aliphatic hydroxyl groups is 2. The van der Waals surface area contributed by atoms with Crippen LogP contribution in [0.2, 0.25) is 0 Å². The Morgan fingerprint density at radius 1 is 0.287 bits per heavy atom. The molecule has 0 rings (SSSR count). The highest BCUT2D eigenvalue weighted by Crippen LogP contribution is 2.21. The Balaban J connectivity index is 3.32. The SMILES string of the molecule is CCCCCCCCCCCCCCCCCCCCCCCCC/C=C/C(O)C(CO)NC(=O)CCCCCCCCCCCCCCCCCCCCCCCCCCCCCCCCCCCCCCCCCOC(=O)CCCCCCCCCCCCCCC. The molecule has 3 N–H and O–H groups in total. The van der Waals surface area contributed by atoms with E-state index in [2.05, 4.69) is 19.2 Å². The quantitative estimate of drug-likeness (QED) is 0.0320. The molecule has 0 radical (unpaired) electrons. The van der Waals surface area contributed by atoms with Crippen LogP contribution >= 0.6 is 0 Å². The highest BCUT2D eigenvalue weighted by Gasteiger charge is 2.18. The molecule has 1 amide bonds. The van der Waals surface area contributed by atoms with E-state index >= 15 is 0 Å². The Kier molecular flexibility index (Phi) is 82.8. The lowest BCUT2D eigenvalue weighted by molar-refractivity contribution is -0.143. The standard InChI is InChI=1S/C88H173NO5/c1-3-5-7-9-11-13-15-17-18-19-20-21-22-38-41-44-47-50-53-57-60-64-68-72-76-80-86(91)85(84-90)89-87(92)81-77-73-69-65-61-58-54-51-48-45-42-39-36-34-32-30-28-26-24-23-25-27-29-31-33-35-37-40-43-46-49-52-55-59-63-67-71-75-79-83-94-88(93)82-78-74-70-66-62-56-16-14-12-10-8-6-4-2/h76,80,85-86,90-91H,3-75,77-79,81-84H2,1-2H3,(H,89,92)/b80-76+. The molecule has 0 heterocycles. The van der Waals surface area contributed by atoms with Crippen LogP contribution in [0.25, 0.3) is 0 Å². The van der Waals surface area contributed by atoms with Gasteiger partial charge in [-0.15, -0.1) is 0 Å². The molecule has 0 aromatic heterocycles. The Labute approximate surface area is 590 Å². The summed E-state index contributed by atoms with van der Waals surface area (Å²) in [6.07, 6.45) is 108. The van der Waals surface area contributed by atoms with Gasteiger partial charge >= 0.3 is 5.97 Å². The Morgan fingerprint density at radius 2 is 0.489 bits per heavy atom. The number of ether oxygens (including phenoxy) is 1. The maximum atomic E-state index is 12.6. The zero-order valence-electron chi connectivity index (χ0n) is 64.5. The fraction of sp³-hybridized carbons (Fsp3) is 0.955. The molecule has 6 nitrogen and oxygen atoms in total. The molecule has 0 spiro atoms. The van der Waals surface area contributed by atoms with E-state index in [1.54, 1.807) is 6.08 Å². The van der Waals surface area contributed by atoms with Gasteiger partial charge in [0.2, 0.25) is 5.91 Å². The van der Waals surface area contributed by atoms with Crippen molar-refractivity contribution in [3.63, 3.8) is 0 Å². The summed E-state index contributed by atoms with van der Waals surface area (Å²) in [7, 11) is 0. The third kappa shape index (κ3) is 79.6. The van der Waals surface area contributed by atoms with Crippen LogP contribution in [0.4, 0.5) is 0 Å². The minimum atomic E-state index is -0.841. The van der Waals surface area contributed by atoms with Crippen molar-refractivity contribution in [2.24, 2.45) is 0 Å². The van der Waals surface area contributed by atoms with Gasteiger partial charge < -0.3 is 20.3 Å². The lowest BCUT2D eigenvalue weighted by Crippen LogP contribution is -2.45. The number of esters is 1. The van der Waals surface area contributed by atoms with Gasteiger partial charge in [-0.25, -0.2) is 0 Å². The predicted molar refractivity (Wildman–Crippen MR) is 417 cm³/mol. The summed E-state index contributed by atoms with van der Waals surface area (Å²) < 4.78 is 5.50. The van der Waals surface area contributed by atoms with Crippen LogP contribution in [0.1, 0.15) is 515 Å². The molecule has 0 aliphatic carbocycles. The fourth-order valence-corrected chi connectivity index (χ4v) is 14.4. The molecule has 6 heteroatoms. The number of allylic oxidation sites excluding steroid dienone is 1. The molecule has 0 bridgehead atoms. The van der Waals surface area contributed by atoms with E-state index in [4.69, 9.17) is 4.74 Å². The number of aliphatic hydroxyl groups excluding tert-OH is 2. The van der Waals surface area contributed by atoms with Crippen molar-refractivity contribution < 1.29 is 24.5 Å². The lowest BCUT2D eigenvalue weighted by atomic mass is 10.0. The lowest BCUT2D eigenvalue weighted by Gasteiger charge is -2.20. The minimum absolute atomic E-state index is 0.0268. The fourth-order valence-electron chi connectivity index (χ4n) is 14.4. The van der Waals surface area contributed by atoms with Gasteiger partial charge in [-0.3, -0.25) is 9.59 Å². The molecule has 0 saturated carbocycles. The number of carbonyl (C=O) groups is 2. The second-order valence-corrected chi connectivity index (χ2v) is 30.6. The first-order valence-electron chi connectivity index (χ1n) is 44.0. The normalized spacial score (nSPS) is 12.4. The summed E-state index contributed by atoms with van der Waals surface area (Å²) in [5.74, 6) is -0.0287. The molecule has 2 atom stereocenters. The molecule has 2 unspecified atom stereocenters. The van der Waals surface area contributed by atoms with Crippen molar-refractivity contribution in [1.82, 2.24) is 5.32 Å². The predicted octanol–water partition coefficient (Wildman–Crippen LogP) is 29.4. The van der Waals surface area contributed by atoms with E-state index in [-0.39, 0.29) is 18.5 Å². The van der Waals surface area contributed by atoms with Crippen molar-refractivity contribution >= 4 is 11.9 Å². The van der Waals surface area contributed by atoms with Crippen molar-refractivity contribution in [3.05, 3.63) is 12.2 Å². The smallest absolute Gasteiger partial charge is 0.305 e. The second kappa shape index (κ2) is 84.0. The van der Waals surface area contributed by atoms with Gasteiger partial charge in [-0.05, 0) is 32.1 Å². The van der Waals surface area contributed by atoms with Crippen LogP contribution in [-0.4, -0.2) is 47.4 Å². The molecule has 94 heavy (non-hydrogen) atoms. The number of amides is 1. The maximum absolute atomic E-state index is 12.6. The molecule has 0 aromatic carbocycles. The first-order chi connectivity index (χ1) is 46.5. The molecular formula is C88H173NO5. The number of unbranched alkanes of at least 4 members (excludes halogenated alkanes) is 73. The summed E-state index contributed by atoms with van der Waals surface area (Å²) in [6, 6.07) is -0.624. The summed E-state index contributed by atoms with van der Waals surface area (Å²) in [5, 5.41) is 23.4. The molecular weight excluding hydrogens is 1150 g/mol. The van der Waals surface area contributed by atoms with Gasteiger partial charge in [0.15, 0.2) is 0 Å². The van der Waals surface area contributed by atoms with Gasteiger partial charge in [-0.1, -0.05) is 482 Å². The van der Waals surface area contributed by atoms with Crippen molar-refractivity contribution in [2.75, 3.05) is 13.2 Å². The van der Waals surface area contributed by atoms with Crippen LogP contribution < -0.4 is 5.32 Å². The van der Waals surface area contributed by atoms with Gasteiger partial charge in [0, 0.05) is 12.8 Å². The van der Waals surface area contributed by atoms with E-state index in [1.165, 1.54) is 449 Å². The van der Waals surface area contributed by atoms with Crippen molar-refractivity contribution in [3.8, 4) is 0 Å². The highest BCUT2D eigenvalue weighted by molar-refractivity contribution is 5.76. The largest absolute Gasteiger partial charge is 0.466 e. The first-order valence-corrected chi connectivity index (χ1v) is 44.0. The average Bonchev–Trinajstić information content (AvgIpc) is 3.79. The Bertz CT molecular complexity index is 1430. The van der Waals surface area contributed by atoms with Gasteiger partial charge in [0.05, 0.1) is 25.4 Å². The molecule has 0 aromatic rings. The van der Waals surface area contributed by atoms with Crippen LogP contribution in [-0.2, 0) is 14.3 Å². The molecule has 0 saturated heterocycles. The minimum Gasteiger partial charge on any atom is -0.466 e. The number of hydrogen-bond donors (Lipinski definition) is 3. The van der Waals surface area contributed by atoms with Gasteiger partial charge in [0.1, 0.15) is 0 Å². The van der Waals surface area contributed by atoms with Crippen LogP contribution in [0, 0.1) is 0 Å². The molecule has 0 aliphatic heterocycles. The van der Waals surface area contributed by atoms with Crippen LogP contribution in [0.3, 0.4) is 0 Å². The van der Waals surface area contributed by atoms with Crippen molar-refractivity contribution in [2.45, 2.75) is 527 Å². The maximum Gasteiger partial charge on any atom is 0.305 e. The number of rotatable bonds is 84. The zero-order chi connectivity index (χ0) is 67.7. The molecule has 0 aliphatic rings. The van der Waals surface area contributed by atoms with Gasteiger partial charge in [-0.2, -0.15) is 0 Å². The third-order valence-corrected chi connectivity index (χ3v) is 21.1. The van der Waals surface area contributed by atoms with Gasteiger partial charge in [0.25, 0.3) is 0 Å². The van der Waals surface area contributed by atoms with E-state index in [1.807, 2.05) is 6.08 Å². The number of nitrogens with one attached hydrogen (secondary N) is 1. The zero-order valence-corrected chi connectivity index (χ0v) is 64.5. The monoisotopic (exact) mass is 1320 g/mol. The summed E-state index contributed by atoms with van der Waals surface area (Å²) in [6.45, 7) is 4.97. The van der Waals surface area contributed by atoms with Crippen molar-refractivity contribution in [1.29, 1.82) is 0 Å². The number of carbonyl (C=O) groups excluding carboxylic acids is 2. The van der Waals surface area contributed by atoms with E-state index in [0.717, 1.165) is 38.5 Å². The van der Waals surface area contributed by atoms with E-state index < -0.39 is 12.1 Å². The molecule has 0 fully saturated rings. The summed E-state index contributed by atoms with van der Waals surface area (Å²) in [4.78, 5) is 24.6.